The molecule has 0 aromatic heterocycles. The Balaban J connectivity index is 1.40. The summed E-state index contributed by atoms with van der Waals surface area (Å²) in [4.78, 5) is 4.68. The fraction of sp³-hybridized carbons (Fsp3) is 0.667. The molecule has 0 saturated carbocycles. The van der Waals surface area contributed by atoms with Crippen LogP contribution in [0.5, 0.6) is 11.5 Å². The van der Waals surface area contributed by atoms with Gasteiger partial charge in [0.1, 0.15) is 0 Å². The van der Waals surface area contributed by atoms with E-state index in [4.69, 9.17) is 18.9 Å². The summed E-state index contributed by atoms with van der Waals surface area (Å²) < 4.78 is 22.5. The maximum absolute atomic E-state index is 5.76. The van der Waals surface area contributed by atoms with Crippen molar-refractivity contribution in [3.8, 4) is 11.5 Å². The van der Waals surface area contributed by atoms with Crippen LogP contribution in [0.25, 0.3) is 0 Å². The Kier molecular flexibility index (Phi) is 8.71. The third-order valence-electron chi connectivity index (χ3n) is 4.71. The molecule has 1 saturated heterocycles. The Morgan fingerprint density at radius 3 is 2.89 bits per heavy atom. The van der Waals surface area contributed by atoms with E-state index in [9.17, 15) is 0 Å². The molecule has 1 aromatic carbocycles. The molecule has 0 aliphatic carbocycles. The zero-order chi connectivity index (χ0) is 19.4. The molecule has 0 bridgehead atoms. The van der Waals surface area contributed by atoms with Crippen LogP contribution in [0.4, 0.5) is 0 Å². The number of rotatable bonds is 9. The maximum Gasteiger partial charge on any atom is 0.191 e. The van der Waals surface area contributed by atoms with Gasteiger partial charge in [-0.3, -0.25) is 0 Å². The summed E-state index contributed by atoms with van der Waals surface area (Å²) in [5.74, 6) is 3.02. The van der Waals surface area contributed by atoms with E-state index in [1.165, 1.54) is 0 Å². The van der Waals surface area contributed by atoms with Gasteiger partial charge in [-0.25, -0.2) is 4.99 Å². The van der Waals surface area contributed by atoms with Crippen LogP contribution >= 0.6 is 0 Å². The zero-order valence-corrected chi connectivity index (χ0v) is 16.9. The lowest BCUT2D eigenvalue weighted by Crippen LogP contribution is -2.38. The van der Waals surface area contributed by atoms with E-state index in [2.05, 4.69) is 22.5 Å². The average molecular weight is 392 g/mol. The molecule has 156 valence electrons. The topological polar surface area (TPSA) is 73.3 Å². The van der Waals surface area contributed by atoms with Gasteiger partial charge in [0, 0.05) is 38.6 Å². The van der Waals surface area contributed by atoms with Crippen molar-refractivity contribution in [1.82, 2.24) is 10.6 Å². The lowest BCUT2D eigenvalue weighted by Gasteiger charge is -2.13. The second-order valence-corrected chi connectivity index (χ2v) is 7.11. The highest BCUT2D eigenvalue weighted by Gasteiger charge is 2.15. The van der Waals surface area contributed by atoms with Crippen molar-refractivity contribution in [2.24, 2.45) is 10.9 Å². The molecular weight excluding hydrogens is 358 g/mol. The highest BCUT2D eigenvalue weighted by molar-refractivity contribution is 5.79. The predicted octanol–water partition coefficient (Wildman–Crippen LogP) is 2.35. The lowest BCUT2D eigenvalue weighted by atomic mass is 10.1. The number of guanidine groups is 1. The van der Waals surface area contributed by atoms with E-state index >= 15 is 0 Å². The molecule has 0 amide bonds. The summed E-state index contributed by atoms with van der Waals surface area (Å²) in [5, 5.41) is 6.66. The van der Waals surface area contributed by atoms with Gasteiger partial charge in [-0.05, 0) is 37.5 Å². The first-order valence-electron chi connectivity index (χ1n) is 10.4. The molecule has 2 N–H and O–H groups in total. The Morgan fingerprint density at radius 1 is 1.18 bits per heavy atom. The standard InChI is InChI=1S/C21H33N3O4/c1-2-22-21(23-8-3-9-25-15-18-7-12-26-16-18)24-14-17-5-6-19-20(13-17)28-11-4-10-27-19/h5-6,13,18H,2-4,7-12,14-16H2,1H3,(H2,22,23,24). The molecule has 28 heavy (non-hydrogen) atoms. The van der Waals surface area contributed by atoms with Crippen LogP contribution in [0.3, 0.4) is 0 Å². The van der Waals surface area contributed by atoms with E-state index in [0.29, 0.717) is 25.7 Å². The second-order valence-electron chi connectivity index (χ2n) is 7.11. The van der Waals surface area contributed by atoms with E-state index in [0.717, 1.165) is 81.8 Å². The summed E-state index contributed by atoms with van der Waals surface area (Å²) in [6.07, 6.45) is 2.98. The van der Waals surface area contributed by atoms with Crippen molar-refractivity contribution in [2.75, 3.05) is 52.7 Å². The monoisotopic (exact) mass is 391 g/mol. The molecule has 0 spiro atoms. The summed E-state index contributed by atoms with van der Waals surface area (Å²) >= 11 is 0. The van der Waals surface area contributed by atoms with Gasteiger partial charge in [-0.15, -0.1) is 0 Å². The van der Waals surface area contributed by atoms with Crippen LogP contribution in [-0.4, -0.2) is 58.7 Å². The molecule has 7 heteroatoms. The summed E-state index contributed by atoms with van der Waals surface area (Å²) in [7, 11) is 0. The Morgan fingerprint density at radius 2 is 2.07 bits per heavy atom. The summed E-state index contributed by atoms with van der Waals surface area (Å²) in [6, 6.07) is 6.04. The fourth-order valence-electron chi connectivity index (χ4n) is 3.16. The largest absolute Gasteiger partial charge is 0.490 e. The molecule has 0 radical (unpaired) electrons. The second kappa shape index (κ2) is 11.8. The first-order chi connectivity index (χ1) is 13.8. The van der Waals surface area contributed by atoms with Crippen molar-refractivity contribution < 1.29 is 18.9 Å². The van der Waals surface area contributed by atoms with Crippen LogP contribution < -0.4 is 20.1 Å². The van der Waals surface area contributed by atoms with E-state index in [1.54, 1.807) is 0 Å². The molecule has 1 atom stereocenters. The van der Waals surface area contributed by atoms with Gasteiger partial charge in [-0.2, -0.15) is 0 Å². The van der Waals surface area contributed by atoms with Crippen molar-refractivity contribution >= 4 is 5.96 Å². The molecule has 2 aliphatic heterocycles. The van der Waals surface area contributed by atoms with E-state index in [-0.39, 0.29) is 0 Å². The van der Waals surface area contributed by atoms with Crippen LogP contribution in [0, 0.1) is 5.92 Å². The maximum atomic E-state index is 5.76. The minimum atomic E-state index is 0.571. The molecular formula is C21H33N3O4. The van der Waals surface area contributed by atoms with Crippen LogP contribution in [0.2, 0.25) is 0 Å². The number of fused-ring (bicyclic) bond motifs is 1. The van der Waals surface area contributed by atoms with Gasteiger partial charge in [0.05, 0.1) is 33.0 Å². The highest BCUT2D eigenvalue weighted by Crippen LogP contribution is 2.30. The minimum absolute atomic E-state index is 0.571. The Bertz CT molecular complexity index is 618. The van der Waals surface area contributed by atoms with Gasteiger partial charge in [0.2, 0.25) is 0 Å². The molecule has 1 aromatic rings. The molecule has 2 heterocycles. The average Bonchev–Trinajstić information content (AvgIpc) is 3.12. The van der Waals surface area contributed by atoms with Crippen LogP contribution in [0.15, 0.2) is 23.2 Å². The summed E-state index contributed by atoms with van der Waals surface area (Å²) in [6.45, 7) is 8.98. The predicted molar refractivity (Wildman–Crippen MR) is 109 cm³/mol. The van der Waals surface area contributed by atoms with Crippen molar-refractivity contribution in [1.29, 1.82) is 0 Å². The first-order valence-corrected chi connectivity index (χ1v) is 10.4. The summed E-state index contributed by atoms with van der Waals surface area (Å²) in [5.41, 5.74) is 1.10. The van der Waals surface area contributed by atoms with E-state index < -0.39 is 0 Å². The number of hydrogen-bond acceptors (Lipinski definition) is 5. The fourth-order valence-corrected chi connectivity index (χ4v) is 3.16. The van der Waals surface area contributed by atoms with Crippen LogP contribution in [0.1, 0.15) is 31.7 Å². The number of aliphatic imine (C=N–C) groups is 1. The smallest absolute Gasteiger partial charge is 0.191 e. The number of ether oxygens (including phenoxy) is 4. The van der Waals surface area contributed by atoms with Gasteiger partial charge in [0.15, 0.2) is 17.5 Å². The third kappa shape index (κ3) is 6.87. The zero-order valence-electron chi connectivity index (χ0n) is 16.9. The molecule has 2 aliphatic rings. The number of nitrogens with zero attached hydrogens (tertiary/aromatic N) is 1. The number of nitrogens with one attached hydrogen (secondary N) is 2. The normalized spacial score (nSPS) is 19.3. The van der Waals surface area contributed by atoms with Gasteiger partial charge in [-0.1, -0.05) is 6.07 Å². The van der Waals surface area contributed by atoms with Gasteiger partial charge < -0.3 is 29.6 Å². The number of benzene rings is 1. The van der Waals surface area contributed by atoms with Crippen molar-refractivity contribution in [2.45, 2.75) is 32.7 Å². The SMILES string of the molecule is CCNC(=NCc1ccc2c(c1)OCCCO2)NCCCOCC1CCOC1. The lowest BCUT2D eigenvalue weighted by molar-refractivity contribution is 0.0888. The van der Waals surface area contributed by atoms with Gasteiger partial charge in [0.25, 0.3) is 0 Å². The molecule has 1 fully saturated rings. The third-order valence-corrected chi connectivity index (χ3v) is 4.71. The highest BCUT2D eigenvalue weighted by atomic mass is 16.5. The van der Waals surface area contributed by atoms with Crippen molar-refractivity contribution in [3.05, 3.63) is 23.8 Å². The van der Waals surface area contributed by atoms with Crippen LogP contribution in [-0.2, 0) is 16.0 Å². The minimum Gasteiger partial charge on any atom is -0.490 e. The Hall–Kier alpha value is -1.99. The Labute approximate surface area is 167 Å². The van der Waals surface area contributed by atoms with Crippen molar-refractivity contribution in [3.63, 3.8) is 0 Å². The van der Waals surface area contributed by atoms with E-state index in [1.807, 2.05) is 18.2 Å². The first kappa shape index (κ1) is 20.7. The number of hydrogen-bond donors (Lipinski definition) is 2. The molecule has 3 rings (SSSR count). The molecule has 7 nitrogen and oxygen atoms in total. The molecule has 1 unspecified atom stereocenters. The quantitative estimate of drug-likeness (QED) is 0.382. The van der Waals surface area contributed by atoms with Gasteiger partial charge >= 0.3 is 0 Å².